The Morgan fingerprint density at radius 2 is 2.26 bits per heavy atom. The molecular weight excluding hydrogens is 432 g/mol. The number of hydrogen-bond donors (Lipinski definition) is 2. The molecule has 0 spiro atoms. The molecule has 2 N–H and O–H groups in total. The van der Waals surface area contributed by atoms with Crippen molar-refractivity contribution in [3.05, 3.63) is 49.5 Å². The van der Waals surface area contributed by atoms with Gasteiger partial charge in [-0.25, -0.2) is 9.97 Å². The number of aromatic nitrogens is 3. The number of nitroso groups, excluding NO2 is 1. The van der Waals surface area contributed by atoms with Gasteiger partial charge in [-0.1, -0.05) is 17.3 Å². The molecule has 0 bridgehead atoms. The summed E-state index contributed by atoms with van der Waals surface area (Å²) < 4.78 is 0.891. The van der Waals surface area contributed by atoms with Gasteiger partial charge in [-0.15, -0.1) is 22.8 Å². The van der Waals surface area contributed by atoms with Gasteiger partial charge in [0.05, 0.1) is 34.0 Å². The molecule has 1 unspecified atom stereocenters. The highest BCUT2D eigenvalue weighted by Crippen LogP contribution is 2.39. The first kappa shape index (κ1) is 19.7. The molecule has 8 nitrogen and oxygen atoms in total. The Labute approximate surface area is 185 Å². The summed E-state index contributed by atoms with van der Waals surface area (Å²) in [6.45, 7) is 0.291. The molecule has 1 aromatic carbocycles. The van der Waals surface area contributed by atoms with E-state index < -0.39 is 0 Å². The van der Waals surface area contributed by atoms with Gasteiger partial charge in [0, 0.05) is 17.0 Å². The fourth-order valence-corrected chi connectivity index (χ4v) is 6.05. The Hall–Kier alpha value is -3.29. The van der Waals surface area contributed by atoms with Gasteiger partial charge in [-0.2, -0.15) is 0 Å². The number of terminal acetylenes is 1. The second-order valence-corrected chi connectivity index (χ2v) is 9.57. The normalized spacial score (nSPS) is 15.5. The lowest BCUT2D eigenvalue weighted by molar-refractivity contribution is -0.728. The predicted octanol–water partition coefficient (Wildman–Crippen LogP) is 3.45. The zero-order chi connectivity index (χ0) is 21.5. The Morgan fingerprint density at radius 3 is 3.10 bits per heavy atom. The number of benzene rings is 1. The Kier molecular flexibility index (Phi) is 4.92. The van der Waals surface area contributed by atoms with Crippen molar-refractivity contribution in [2.24, 2.45) is 0 Å². The summed E-state index contributed by atoms with van der Waals surface area (Å²) >= 11 is 2.80. The first-order chi connectivity index (χ1) is 15.0. The molecule has 0 fully saturated rings. The van der Waals surface area contributed by atoms with Crippen LogP contribution in [0.4, 0.5) is 11.5 Å². The molecule has 0 amide bonds. The minimum Gasteiger partial charge on any atom is -0.340 e. The molecule has 31 heavy (non-hydrogen) atoms. The van der Waals surface area contributed by atoms with Crippen LogP contribution in [-0.2, 0) is 12.8 Å². The molecule has 1 aliphatic carbocycles. The van der Waals surface area contributed by atoms with Gasteiger partial charge in [0.15, 0.2) is 0 Å². The third-order valence-electron chi connectivity index (χ3n) is 5.47. The topological polar surface area (TPSA) is 94.0 Å². The lowest BCUT2D eigenvalue weighted by atomic mass is 9.93. The van der Waals surface area contributed by atoms with Crippen LogP contribution in [0.5, 0.6) is 0 Å². The number of hydrogen-bond acceptors (Lipinski definition) is 7. The van der Waals surface area contributed by atoms with Crippen LogP contribution >= 0.6 is 22.7 Å². The maximum absolute atomic E-state index is 12.6. The van der Waals surface area contributed by atoms with Crippen molar-refractivity contribution in [3.8, 4) is 12.3 Å². The number of thiophene rings is 1. The van der Waals surface area contributed by atoms with Crippen molar-refractivity contribution in [2.75, 3.05) is 18.9 Å². The average Bonchev–Trinajstić information content (AvgIpc) is 3.32. The summed E-state index contributed by atoms with van der Waals surface area (Å²) in [6, 6.07) is 5.61. The second-order valence-electron chi connectivity index (χ2n) is 7.48. The summed E-state index contributed by atoms with van der Waals surface area (Å²) in [6.07, 6.45) is 9.09. The Morgan fingerprint density at radius 1 is 1.39 bits per heavy atom. The number of nitrogens with zero attached hydrogens (tertiary/aromatic N) is 4. The van der Waals surface area contributed by atoms with Crippen LogP contribution < -0.4 is 10.2 Å². The van der Waals surface area contributed by atoms with Crippen molar-refractivity contribution in [1.82, 2.24) is 20.0 Å². The molecule has 4 aromatic rings. The monoisotopic (exact) mass is 451 g/mol. The number of rotatable bonds is 5. The van der Waals surface area contributed by atoms with Crippen LogP contribution in [-0.4, -0.2) is 44.5 Å². The van der Waals surface area contributed by atoms with Crippen LogP contribution in [0.1, 0.15) is 16.9 Å². The van der Waals surface area contributed by atoms with E-state index in [0.717, 1.165) is 49.6 Å². The second kappa shape index (κ2) is 7.76. The van der Waals surface area contributed by atoms with Crippen molar-refractivity contribution in [1.29, 1.82) is 0 Å². The maximum atomic E-state index is 12.6. The lowest BCUT2D eigenvalue weighted by Crippen LogP contribution is -2.40. The number of anilines is 2. The van der Waals surface area contributed by atoms with Gasteiger partial charge < -0.3 is 10.3 Å². The predicted molar refractivity (Wildman–Crippen MR) is 124 cm³/mol. The third kappa shape index (κ3) is 3.56. The van der Waals surface area contributed by atoms with E-state index in [4.69, 9.17) is 6.42 Å². The van der Waals surface area contributed by atoms with Crippen LogP contribution in [0.2, 0.25) is 0 Å². The van der Waals surface area contributed by atoms with Gasteiger partial charge in [0.25, 0.3) is 0 Å². The number of nitrogens with one attached hydrogen (secondary N) is 2. The molecular formula is C21H19N6O2S2+. The molecule has 156 valence electrons. The van der Waals surface area contributed by atoms with Gasteiger partial charge >= 0.3 is 4.87 Å². The quantitative estimate of drug-likeness (QED) is 0.274. The van der Waals surface area contributed by atoms with Gasteiger partial charge in [0.2, 0.25) is 6.04 Å². The van der Waals surface area contributed by atoms with Gasteiger partial charge in [-0.3, -0.25) is 4.79 Å². The highest BCUT2D eigenvalue weighted by molar-refractivity contribution is 7.19. The first-order valence-electron chi connectivity index (χ1n) is 9.79. The highest BCUT2D eigenvalue weighted by atomic mass is 32.1. The number of H-pyrrole nitrogens is 1. The molecule has 3 aromatic heterocycles. The summed E-state index contributed by atoms with van der Waals surface area (Å²) in [5.41, 5.74) is 2.89. The minimum atomic E-state index is -0.137. The third-order valence-corrected chi connectivity index (χ3v) is 7.48. The molecule has 10 heteroatoms. The molecule has 0 saturated heterocycles. The largest absolute Gasteiger partial charge is 0.340 e. The molecule has 1 atom stereocenters. The van der Waals surface area contributed by atoms with E-state index in [1.165, 1.54) is 21.8 Å². The van der Waals surface area contributed by atoms with E-state index in [0.29, 0.717) is 13.0 Å². The maximum Gasteiger partial charge on any atom is 0.305 e. The fraction of sp³-hybridized carbons (Fsp3) is 0.286. The number of thiazole rings is 1. The Bertz CT molecular complexity index is 1410. The summed E-state index contributed by atoms with van der Waals surface area (Å²) in [5, 5.41) is 5.95. The first-order valence-corrected chi connectivity index (χ1v) is 11.4. The van der Waals surface area contributed by atoms with Crippen LogP contribution in [0.15, 0.2) is 29.3 Å². The molecule has 0 aliphatic heterocycles. The highest BCUT2D eigenvalue weighted by Gasteiger charge is 2.36. The van der Waals surface area contributed by atoms with Gasteiger partial charge in [-0.05, 0) is 30.2 Å². The SMILES string of the molecule is C#CCN(C)[N+](=O)C1CCc2c(sc3ncnc(Nc4ccc5[nH]c(=O)sc5c4)c23)C1. The van der Waals surface area contributed by atoms with Crippen LogP contribution in [0.25, 0.3) is 20.4 Å². The van der Waals surface area contributed by atoms with E-state index >= 15 is 0 Å². The standard InChI is InChI=1S/C21H18N6O2S2/c1-3-8-26(2)27(29)13-5-6-14-16(10-13)30-20-18(14)19(22-11-23-20)24-12-4-7-15-17(9-12)31-21(28)25-15/h1,4,7,9,11,13H,5-6,8,10H2,2H3,(H-,22,23,24,25,28)/p+1. The Balaban J connectivity index is 1.47. The van der Waals surface area contributed by atoms with E-state index in [1.807, 2.05) is 18.2 Å². The van der Waals surface area contributed by atoms with Gasteiger partial charge in [0.1, 0.15) is 28.4 Å². The minimum absolute atomic E-state index is 0.0710. The van der Waals surface area contributed by atoms with Crippen molar-refractivity contribution in [2.45, 2.75) is 25.3 Å². The molecule has 3 heterocycles. The van der Waals surface area contributed by atoms with E-state index in [9.17, 15) is 9.70 Å². The summed E-state index contributed by atoms with van der Waals surface area (Å²) in [4.78, 5) is 39.0. The number of aromatic amines is 1. The lowest BCUT2D eigenvalue weighted by Gasteiger charge is -2.19. The van der Waals surface area contributed by atoms with E-state index in [1.54, 1.807) is 29.7 Å². The molecule has 0 saturated carbocycles. The molecule has 5 rings (SSSR count). The van der Waals surface area contributed by atoms with Crippen molar-refractivity contribution >= 4 is 54.6 Å². The summed E-state index contributed by atoms with van der Waals surface area (Å²) in [5.74, 6) is 3.26. The number of aryl methyl sites for hydroxylation is 1. The van der Waals surface area contributed by atoms with Crippen molar-refractivity contribution in [3.63, 3.8) is 0 Å². The van der Waals surface area contributed by atoms with E-state index in [2.05, 4.69) is 26.2 Å². The molecule has 0 radical (unpaired) electrons. The fourth-order valence-electron chi connectivity index (χ4n) is 4.02. The van der Waals surface area contributed by atoms with Crippen LogP contribution in [0, 0.1) is 17.3 Å². The summed E-state index contributed by atoms with van der Waals surface area (Å²) in [7, 11) is 1.72. The van der Waals surface area contributed by atoms with Crippen LogP contribution in [0.3, 0.4) is 0 Å². The number of hydrazine groups is 1. The van der Waals surface area contributed by atoms with E-state index in [-0.39, 0.29) is 10.9 Å². The zero-order valence-electron chi connectivity index (χ0n) is 16.7. The number of fused-ring (bicyclic) bond motifs is 4. The molecule has 1 aliphatic rings. The average molecular weight is 452 g/mol. The zero-order valence-corrected chi connectivity index (χ0v) is 18.3. The smallest absolute Gasteiger partial charge is 0.305 e. The van der Waals surface area contributed by atoms with Crippen molar-refractivity contribution < 1.29 is 4.87 Å².